The van der Waals surface area contributed by atoms with E-state index in [1.807, 2.05) is 48.6 Å². The maximum Gasteiger partial charge on any atom is 0.248 e. The van der Waals surface area contributed by atoms with E-state index in [1.54, 1.807) is 6.07 Å². The zero-order chi connectivity index (χ0) is 10.5. The highest BCUT2D eigenvalue weighted by Crippen LogP contribution is 2.04. The smallest absolute Gasteiger partial charge is 0.248 e. The molecule has 1 aromatic heterocycles. The summed E-state index contributed by atoms with van der Waals surface area (Å²) in [5.74, 6) is 0. The van der Waals surface area contributed by atoms with Crippen molar-refractivity contribution >= 4 is 12.2 Å². The molecule has 0 fully saturated rings. The lowest BCUT2D eigenvalue weighted by Crippen LogP contribution is -2.03. The number of aromatic amines is 1. The van der Waals surface area contributed by atoms with Crippen LogP contribution in [0.25, 0.3) is 12.2 Å². The molecule has 0 unspecified atom stereocenters. The van der Waals surface area contributed by atoms with Crippen molar-refractivity contribution in [2.75, 3.05) is 0 Å². The number of H-pyrrole nitrogens is 1. The third-order valence-corrected chi connectivity index (χ3v) is 2.05. The molecule has 0 radical (unpaired) electrons. The largest absolute Gasteiger partial charge is 0.323 e. The number of rotatable bonds is 2. The Labute approximate surface area is 87.9 Å². The van der Waals surface area contributed by atoms with Crippen LogP contribution in [-0.4, -0.2) is 4.98 Å². The molecule has 74 valence electrons. The highest BCUT2D eigenvalue weighted by Gasteiger charge is 1.87. The van der Waals surface area contributed by atoms with Gasteiger partial charge in [0.15, 0.2) is 0 Å². The van der Waals surface area contributed by atoms with E-state index in [1.165, 1.54) is 6.07 Å². The van der Waals surface area contributed by atoms with E-state index in [-0.39, 0.29) is 5.56 Å². The Kier molecular flexibility index (Phi) is 2.79. The standard InChI is InChI=1S/C13H11NO/c15-13-8-4-7-12(14-13)10-9-11-5-2-1-3-6-11/h1-10H,(H,14,15)/b10-9+. The quantitative estimate of drug-likeness (QED) is 0.788. The number of benzene rings is 1. The van der Waals surface area contributed by atoms with Crippen LogP contribution < -0.4 is 5.56 Å². The normalized spacial score (nSPS) is 10.7. The summed E-state index contributed by atoms with van der Waals surface area (Å²) in [5.41, 5.74) is 1.85. The molecule has 0 spiro atoms. The van der Waals surface area contributed by atoms with Crippen LogP contribution in [-0.2, 0) is 0 Å². The molecule has 1 aromatic carbocycles. The highest BCUT2D eigenvalue weighted by atomic mass is 16.1. The second-order valence-corrected chi connectivity index (χ2v) is 3.21. The number of pyridine rings is 1. The Morgan fingerprint density at radius 2 is 1.67 bits per heavy atom. The Morgan fingerprint density at radius 3 is 2.40 bits per heavy atom. The molecule has 0 saturated heterocycles. The average Bonchev–Trinajstić information content (AvgIpc) is 2.28. The van der Waals surface area contributed by atoms with E-state index < -0.39 is 0 Å². The molecule has 0 saturated carbocycles. The maximum absolute atomic E-state index is 11.0. The van der Waals surface area contributed by atoms with Crippen molar-refractivity contribution in [2.24, 2.45) is 0 Å². The molecule has 0 aliphatic heterocycles. The Hall–Kier alpha value is -2.09. The molecule has 2 heteroatoms. The van der Waals surface area contributed by atoms with Crippen molar-refractivity contribution in [2.45, 2.75) is 0 Å². The maximum atomic E-state index is 11.0. The van der Waals surface area contributed by atoms with Crippen molar-refractivity contribution in [1.29, 1.82) is 0 Å². The second-order valence-electron chi connectivity index (χ2n) is 3.21. The molecular weight excluding hydrogens is 186 g/mol. The minimum atomic E-state index is -0.0785. The first-order chi connectivity index (χ1) is 7.34. The minimum absolute atomic E-state index is 0.0785. The van der Waals surface area contributed by atoms with E-state index >= 15 is 0 Å². The number of aromatic nitrogens is 1. The fourth-order valence-electron chi connectivity index (χ4n) is 1.31. The summed E-state index contributed by atoms with van der Waals surface area (Å²) in [7, 11) is 0. The number of hydrogen-bond donors (Lipinski definition) is 1. The lowest BCUT2D eigenvalue weighted by Gasteiger charge is -1.93. The monoisotopic (exact) mass is 197 g/mol. The molecule has 0 aliphatic rings. The molecule has 2 rings (SSSR count). The number of hydrogen-bond acceptors (Lipinski definition) is 1. The molecule has 1 heterocycles. The average molecular weight is 197 g/mol. The van der Waals surface area contributed by atoms with E-state index in [0.29, 0.717) is 0 Å². The van der Waals surface area contributed by atoms with E-state index in [2.05, 4.69) is 4.98 Å². The van der Waals surface area contributed by atoms with Crippen LogP contribution in [0.1, 0.15) is 11.3 Å². The van der Waals surface area contributed by atoms with Crippen LogP contribution in [0.15, 0.2) is 53.3 Å². The van der Waals surface area contributed by atoms with Gasteiger partial charge in [-0.2, -0.15) is 0 Å². The predicted octanol–water partition coefficient (Wildman–Crippen LogP) is 2.55. The Bertz CT molecular complexity index is 511. The molecule has 0 bridgehead atoms. The van der Waals surface area contributed by atoms with Gasteiger partial charge in [0.05, 0.1) is 0 Å². The van der Waals surface area contributed by atoms with Crippen molar-refractivity contribution in [1.82, 2.24) is 4.98 Å². The van der Waals surface area contributed by atoms with Crippen LogP contribution in [0.2, 0.25) is 0 Å². The van der Waals surface area contributed by atoms with Crippen molar-refractivity contribution in [3.05, 3.63) is 70.1 Å². The van der Waals surface area contributed by atoms with E-state index in [9.17, 15) is 4.79 Å². The number of nitrogens with one attached hydrogen (secondary N) is 1. The first kappa shape index (κ1) is 9.46. The fraction of sp³-hybridized carbons (Fsp3) is 0. The Balaban J connectivity index is 2.23. The van der Waals surface area contributed by atoms with Gasteiger partial charge in [-0.3, -0.25) is 4.79 Å². The molecular formula is C13H11NO. The summed E-state index contributed by atoms with van der Waals surface area (Å²) in [5, 5.41) is 0. The Morgan fingerprint density at radius 1 is 0.867 bits per heavy atom. The first-order valence-electron chi connectivity index (χ1n) is 4.77. The summed E-state index contributed by atoms with van der Waals surface area (Å²) < 4.78 is 0. The lowest BCUT2D eigenvalue weighted by molar-refractivity contribution is 1.22. The summed E-state index contributed by atoms with van der Waals surface area (Å²) in [6.45, 7) is 0. The second kappa shape index (κ2) is 4.42. The van der Waals surface area contributed by atoms with Crippen LogP contribution in [0.3, 0.4) is 0 Å². The van der Waals surface area contributed by atoms with Crippen LogP contribution in [0, 0.1) is 0 Å². The predicted molar refractivity (Wildman–Crippen MR) is 62.4 cm³/mol. The summed E-state index contributed by atoms with van der Waals surface area (Å²) in [6.07, 6.45) is 3.85. The zero-order valence-corrected chi connectivity index (χ0v) is 8.18. The van der Waals surface area contributed by atoms with Gasteiger partial charge >= 0.3 is 0 Å². The lowest BCUT2D eigenvalue weighted by atomic mass is 10.2. The third-order valence-electron chi connectivity index (χ3n) is 2.05. The molecule has 1 N–H and O–H groups in total. The van der Waals surface area contributed by atoms with Crippen LogP contribution >= 0.6 is 0 Å². The highest BCUT2D eigenvalue weighted by molar-refractivity contribution is 5.67. The molecule has 0 atom stereocenters. The van der Waals surface area contributed by atoms with Gasteiger partial charge in [0.1, 0.15) is 0 Å². The molecule has 0 amide bonds. The van der Waals surface area contributed by atoms with Crippen molar-refractivity contribution < 1.29 is 0 Å². The van der Waals surface area contributed by atoms with Gasteiger partial charge in [-0.25, -0.2) is 0 Å². The fourth-order valence-corrected chi connectivity index (χ4v) is 1.31. The van der Waals surface area contributed by atoms with E-state index in [0.717, 1.165) is 11.3 Å². The molecule has 0 aliphatic carbocycles. The van der Waals surface area contributed by atoms with Gasteiger partial charge in [0, 0.05) is 11.8 Å². The van der Waals surface area contributed by atoms with Gasteiger partial charge < -0.3 is 4.98 Å². The van der Waals surface area contributed by atoms with Gasteiger partial charge in [-0.05, 0) is 17.7 Å². The van der Waals surface area contributed by atoms with Gasteiger partial charge in [0.2, 0.25) is 5.56 Å². The topological polar surface area (TPSA) is 32.9 Å². The van der Waals surface area contributed by atoms with Crippen LogP contribution in [0.5, 0.6) is 0 Å². The first-order valence-corrected chi connectivity index (χ1v) is 4.77. The third kappa shape index (κ3) is 2.68. The van der Waals surface area contributed by atoms with Gasteiger partial charge in [-0.1, -0.05) is 42.5 Å². The SMILES string of the molecule is O=c1cccc(/C=C/c2ccccc2)[nH]1. The molecule has 15 heavy (non-hydrogen) atoms. The molecule has 2 nitrogen and oxygen atoms in total. The zero-order valence-electron chi connectivity index (χ0n) is 8.18. The van der Waals surface area contributed by atoms with Crippen LogP contribution in [0.4, 0.5) is 0 Å². The summed E-state index contributed by atoms with van der Waals surface area (Å²) >= 11 is 0. The van der Waals surface area contributed by atoms with Crippen molar-refractivity contribution in [3.8, 4) is 0 Å². The van der Waals surface area contributed by atoms with Crippen molar-refractivity contribution in [3.63, 3.8) is 0 Å². The van der Waals surface area contributed by atoms with E-state index in [4.69, 9.17) is 0 Å². The summed E-state index contributed by atoms with van der Waals surface area (Å²) in [4.78, 5) is 13.7. The minimum Gasteiger partial charge on any atom is -0.323 e. The van der Waals surface area contributed by atoms with Gasteiger partial charge in [-0.15, -0.1) is 0 Å². The summed E-state index contributed by atoms with van der Waals surface area (Å²) in [6, 6.07) is 15.1. The van der Waals surface area contributed by atoms with Gasteiger partial charge in [0.25, 0.3) is 0 Å². The molecule has 2 aromatic rings.